The van der Waals surface area contributed by atoms with Gasteiger partial charge in [-0.1, -0.05) is 35.9 Å². The Morgan fingerprint density at radius 1 is 1.33 bits per heavy atom. The number of hydrogen-bond donors (Lipinski definition) is 2. The summed E-state index contributed by atoms with van der Waals surface area (Å²) < 4.78 is 5.23. The molecular formula is C18H20Cl2N2O2. The van der Waals surface area contributed by atoms with Gasteiger partial charge in [0.1, 0.15) is 5.75 Å². The van der Waals surface area contributed by atoms with E-state index in [2.05, 4.69) is 28.8 Å². The molecule has 1 unspecified atom stereocenters. The van der Waals surface area contributed by atoms with E-state index >= 15 is 0 Å². The number of halogens is 2. The lowest BCUT2D eigenvalue weighted by molar-refractivity contribution is 0.0946. The number of ether oxygens (including phenoxy) is 1. The van der Waals surface area contributed by atoms with Crippen LogP contribution in [0.1, 0.15) is 27.5 Å². The molecule has 6 heteroatoms. The molecule has 3 rings (SSSR count). The van der Waals surface area contributed by atoms with Crippen LogP contribution < -0.4 is 15.4 Å². The third-order valence-electron chi connectivity index (χ3n) is 4.09. The number of benzene rings is 2. The molecule has 1 aliphatic rings. The Kier molecular flexibility index (Phi) is 6.49. The van der Waals surface area contributed by atoms with E-state index in [0.29, 0.717) is 22.9 Å². The van der Waals surface area contributed by atoms with Crippen LogP contribution in [-0.4, -0.2) is 26.1 Å². The lowest BCUT2D eigenvalue weighted by Crippen LogP contribution is -2.38. The minimum atomic E-state index is -0.186. The summed E-state index contributed by atoms with van der Waals surface area (Å²) in [4.78, 5) is 12.5. The predicted molar refractivity (Wildman–Crippen MR) is 98.5 cm³/mol. The second kappa shape index (κ2) is 8.38. The van der Waals surface area contributed by atoms with Crippen molar-refractivity contribution in [1.29, 1.82) is 0 Å². The summed E-state index contributed by atoms with van der Waals surface area (Å²) in [5, 5.41) is 6.93. The SMILES string of the molecule is COc1ccc(Cl)cc1C(=O)NCC1NCCc2ccccc21.Cl. The van der Waals surface area contributed by atoms with E-state index < -0.39 is 0 Å². The Morgan fingerprint density at radius 3 is 2.92 bits per heavy atom. The molecule has 128 valence electrons. The molecule has 1 atom stereocenters. The number of hydrogen-bond acceptors (Lipinski definition) is 3. The first-order valence-electron chi connectivity index (χ1n) is 7.62. The average Bonchev–Trinajstić information content (AvgIpc) is 2.59. The zero-order chi connectivity index (χ0) is 16.2. The summed E-state index contributed by atoms with van der Waals surface area (Å²) in [7, 11) is 1.54. The Hall–Kier alpha value is -1.75. The fraction of sp³-hybridized carbons (Fsp3) is 0.278. The lowest BCUT2D eigenvalue weighted by atomic mass is 9.94. The highest BCUT2D eigenvalue weighted by atomic mass is 35.5. The summed E-state index contributed by atoms with van der Waals surface area (Å²) in [6.07, 6.45) is 1.02. The minimum Gasteiger partial charge on any atom is -0.496 e. The molecule has 2 N–H and O–H groups in total. The van der Waals surface area contributed by atoms with Crippen LogP contribution in [0.15, 0.2) is 42.5 Å². The molecule has 0 radical (unpaired) electrons. The van der Waals surface area contributed by atoms with Crippen LogP contribution in [0.3, 0.4) is 0 Å². The Balaban J connectivity index is 0.00000208. The second-order valence-electron chi connectivity index (χ2n) is 5.51. The van der Waals surface area contributed by atoms with Crippen LogP contribution in [0.25, 0.3) is 0 Å². The zero-order valence-electron chi connectivity index (χ0n) is 13.3. The fourth-order valence-electron chi connectivity index (χ4n) is 2.92. The van der Waals surface area contributed by atoms with Crippen molar-refractivity contribution < 1.29 is 9.53 Å². The van der Waals surface area contributed by atoms with Gasteiger partial charge in [-0.05, 0) is 42.3 Å². The van der Waals surface area contributed by atoms with Gasteiger partial charge in [-0.15, -0.1) is 12.4 Å². The molecule has 0 aromatic heterocycles. The maximum atomic E-state index is 12.5. The molecule has 0 saturated carbocycles. The third kappa shape index (κ3) is 4.01. The van der Waals surface area contributed by atoms with Gasteiger partial charge in [-0.3, -0.25) is 4.79 Å². The topological polar surface area (TPSA) is 50.4 Å². The van der Waals surface area contributed by atoms with Crippen molar-refractivity contribution in [3.63, 3.8) is 0 Å². The minimum absolute atomic E-state index is 0. The summed E-state index contributed by atoms with van der Waals surface area (Å²) in [5.74, 6) is 0.332. The van der Waals surface area contributed by atoms with Crippen LogP contribution >= 0.6 is 24.0 Å². The van der Waals surface area contributed by atoms with E-state index in [4.69, 9.17) is 16.3 Å². The molecular weight excluding hydrogens is 347 g/mol. The molecule has 4 nitrogen and oxygen atoms in total. The Morgan fingerprint density at radius 2 is 2.12 bits per heavy atom. The summed E-state index contributed by atoms with van der Waals surface area (Å²) in [6.45, 7) is 1.43. The molecule has 0 aliphatic carbocycles. The number of carbonyl (C=O) groups excluding carboxylic acids is 1. The molecule has 0 bridgehead atoms. The van der Waals surface area contributed by atoms with Crippen molar-refractivity contribution in [3.8, 4) is 5.75 Å². The molecule has 2 aromatic carbocycles. The summed E-state index contributed by atoms with van der Waals surface area (Å²) in [5.41, 5.74) is 3.03. The van der Waals surface area contributed by atoms with Crippen molar-refractivity contribution in [2.75, 3.05) is 20.2 Å². The van der Waals surface area contributed by atoms with E-state index in [-0.39, 0.29) is 24.4 Å². The highest BCUT2D eigenvalue weighted by molar-refractivity contribution is 6.31. The van der Waals surface area contributed by atoms with E-state index in [1.165, 1.54) is 11.1 Å². The van der Waals surface area contributed by atoms with E-state index in [1.807, 2.05) is 6.07 Å². The molecule has 1 heterocycles. The standard InChI is InChI=1S/C18H19ClN2O2.ClH/c1-23-17-7-6-13(19)10-15(17)18(22)21-11-16-14-5-3-2-4-12(14)8-9-20-16;/h2-7,10,16,20H,8-9,11H2,1H3,(H,21,22);1H. The number of fused-ring (bicyclic) bond motifs is 1. The van der Waals surface area contributed by atoms with Gasteiger partial charge < -0.3 is 15.4 Å². The van der Waals surface area contributed by atoms with Crippen LogP contribution in [0.4, 0.5) is 0 Å². The van der Waals surface area contributed by atoms with Crippen LogP contribution in [0, 0.1) is 0 Å². The molecule has 1 amide bonds. The molecule has 0 saturated heterocycles. The third-order valence-corrected chi connectivity index (χ3v) is 4.32. The van der Waals surface area contributed by atoms with Crippen LogP contribution in [0.5, 0.6) is 5.75 Å². The highest BCUT2D eigenvalue weighted by Gasteiger charge is 2.20. The summed E-state index contributed by atoms with van der Waals surface area (Å²) in [6, 6.07) is 13.5. The van der Waals surface area contributed by atoms with E-state index in [9.17, 15) is 4.79 Å². The number of rotatable bonds is 4. The average molecular weight is 367 g/mol. The number of amides is 1. The van der Waals surface area contributed by atoms with E-state index in [0.717, 1.165) is 13.0 Å². The first kappa shape index (κ1) is 18.6. The van der Waals surface area contributed by atoms with Gasteiger partial charge in [0.25, 0.3) is 5.91 Å². The Bertz CT molecular complexity index is 722. The maximum absolute atomic E-state index is 12.5. The fourth-order valence-corrected chi connectivity index (χ4v) is 3.09. The number of carbonyl (C=O) groups is 1. The van der Waals surface area contributed by atoms with Crippen molar-refractivity contribution in [2.45, 2.75) is 12.5 Å². The Labute approximate surface area is 153 Å². The largest absolute Gasteiger partial charge is 0.496 e. The highest BCUT2D eigenvalue weighted by Crippen LogP contribution is 2.24. The zero-order valence-corrected chi connectivity index (χ0v) is 14.9. The molecule has 2 aromatic rings. The smallest absolute Gasteiger partial charge is 0.255 e. The molecule has 0 fully saturated rings. The van der Waals surface area contributed by atoms with Crippen molar-refractivity contribution in [1.82, 2.24) is 10.6 Å². The molecule has 24 heavy (non-hydrogen) atoms. The van der Waals surface area contributed by atoms with Gasteiger partial charge >= 0.3 is 0 Å². The van der Waals surface area contributed by atoms with Crippen LogP contribution in [0.2, 0.25) is 5.02 Å². The predicted octanol–water partition coefficient (Wildman–Crippen LogP) is 3.39. The maximum Gasteiger partial charge on any atom is 0.255 e. The van der Waals surface area contributed by atoms with Crippen molar-refractivity contribution in [3.05, 3.63) is 64.2 Å². The van der Waals surface area contributed by atoms with Crippen molar-refractivity contribution in [2.24, 2.45) is 0 Å². The number of methoxy groups -OCH3 is 1. The lowest BCUT2D eigenvalue weighted by Gasteiger charge is -2.27. The van der Waals surface area contributed by atoms with Crippen LogP contribution in [-0.2, 0) is 6.42 Å². The molecule has 0 spiro atoms. The van der Waals surface area contributed by atoms with Gasteiger partial charge in [-0.25, -0.2) is 0 Å². The normalized spacial score (nSPS) is 15.8. The van der Waals surface area contributed by atoms with Gasteiger partial charge in [-0.2, -0.15) is 0 Å². The quantitative estimate of drug-likeness (QED) is 0.871. The second-order valence-corrected chi connectivity index (χ2v) is 5.95. The first-order valence-corrected chi connectivity index (χ1v) is 8.00. The monoisotopic (exact) mass is 366 g/mol. The molecule has 1 aliphatic heterocycles. The van der Waals surface area contributed by atoms with E-state index in [1.54, 1.807) is 25.3 Å². The number of nitrogens with one attached hydrogen (secondary N) is 2. The first-order chi connectivity index (χ1) is 11.2. The van der Waals surface area contributed by atoms with Gasteiger partial charge in [0.05, 0.1) is 12.7 Å². The van der Waals surface area contributed by atoms with Gasteiger partial charge in [0.15, 0.2) is 0 Å². The van der Waals surface area contributed by atoms with Gasteiger partial charge in [0, 0.05) is 17.6 Å². The summed E-state index contributed by atoms with van der Waals surface area (Å²) >= 11 is 5.99. The van der Waals surface area contributed by atoms with Crippen molar-refractivity contribution >= 4 is 29.9 Å². The van der Waals surface area contributed by atoms with Gasteiger partial charge in [0.2, 0.25) is 0 Å².